The van der Waals surface area contributed by atoms with Crippen molar-refractivity contribution < 1.29 is 23.7 Å². The van der Waals surface area contributed by atoms with Crippen LogP contribution in [0.3, 0.4) is 0 Å². The smallest absolute Gasteiger partial charge is 0.190 e. The van der Waals surface area contributed by atoms with Crippen molar-refractivity contribution in [2.75, 3.05) is 13.7 Å². The van der Waals surface area contributed by atoms with Crippen molar-refractivity contribution in [2.24, 2.45) is 0 Å². The number of ether oxygens (including phenoxy) is 1. The predicted octanol–water partition coefficient (Wildman–Crippen LogP) is 3.24. The van der Waals surface area contributed by atoms with Crippen LogP contribution in [-0.2, 0) is 12.8 Å². The Morgan fingerprint density at radius 1 is 1.12 bits per heavy atom. The Labute approximate surface area is 144 Å². The van der Waals surface area contributed by atoms with Crippen molar-refractivity contribution in [3.05, 3.63) is 52.6 Å². The fourth-order valence-corrected chi connectivity index (χ4v) is 3.01. The van der Waals surface area contributed by atoms with Gasteiger partial charge in [-0.05, 0) is 60.3 Å². The molecular formula is C17H18ClF2NO3. The molecule has 0 fully saturated rings. The van der Waals surface area contributed by atoms with Crippen LogP contribution in [0.4, 0.5) is 8.78 Å². The summed E-state index contributed by atoms with van der Waals surface area (Å²) in [6.45, 7) is 0.684. The first-order valence-electron chi connectivity index (χ1n) is 7.29. The highest BCUT2D eigenvalue weighted by Crippen LogP contribution is 2.35. The van der Waals surface area contributed by atoms with Crippen molar-refractivity contribution >= 4 is 12.4 Å². The van der Waals surface area contributed by atoms with Crippen LogP contribution in [0.5, 0.6) is 17.2 Å². The lowest BCUT2D eigenvalue weighted by atomic mass is 9.90. The molecule has 7 heteroatoms. The topological polar surface area (TPSA) is 61.7 Å². The molecule has 2 aromatic carbocycles. The minimum absolute atomic E-state index is 0. The molecular weight excluding hydrogens is 340 g/mol. The summed E-state index contributed by atoms with van der Waals surface area (Å²) in [6.07, 6.45) is 1.07. The maximum absolute atomic E-state index is 13.8. The summed E-state index contributed by atoms with van der Waals surface area (Å²) in [5, 5.41) is 22.6. The monoisotopic (exact) mass is 357 g/mol. The molecule has 0 unspecified atom stereocenters. The lowest BCUT2D eigenvalue weighted by Gasteiger charge is -2.27. The highest BCUT2D eigenvalue weighted by molar-refractivity contribution is 5.85. The molecule has 2 aromatic rings. The van der Waals surface area contributed by atoms with Crippen molar-refractivity contribution in [1.82, 2.24) is 5.32 Å². The van der Waals surface area contributed by atoms with E-state index < -0.39 is 17.4 Å². The van der Waals surface area contributed by atoms with Gasteiger partial charge < -0.3 is 20.3 Å². The van der Waals surface area contributed by atoms with Crippen LogP contribution >= 0.6 is 12.4 Å². The third-order valence-corrected chi connectivity index (χ3v) is 4.10. The van der Waals surface area contributed by atoms with Crippen LogP contribution in [0.15, 0.2) is 24.3 Å². The number of aromatic hydroxyl groups is 2. The van der Waals surface area contributed by atoms with Crippen LogP contribution in [0.1, 0.15) is 22.7 Å². The first-order chi connectivity index (χ1) is 11.0. The Balaban J connectivity index is 0.00000208. The quantitative estimate of drug-likeness (QED) is 0.738. The second kappa shape index (κ2) is 7.23. The van der Waals surface area contributed by atoms with Gasteiger partial charge in [0.05, 0.1) is 7.11 Å². The number of rotatable bonds is 3. The Kier molecular flexibility index (Phi) is 5.51. The second-order valence-corrected chi connectivity index (χ2v) is 5.59. The number of phenols is 2. The standard InChI is InChI=1S/C17H17F2NO3.ClH/c1-23-17-12(18)4-9(5-13(17)19)6-14-11-8-16(22)15(21)7-10(11)2-3-20-14;/h4-5,7-8,14,20-22H,2-3,6H2,1H3;1H/t14-;/m1./s1. The number of benzene rings is 2. The highest BCUT2D eigenvalue weighted by Gasteiger charge is 2.23. The molecule has 1 aliphatic rings. The number of hydrogen-bond acceptors (Lipinski definition) is 4. The Morgan fingerprint density at radius 2 is 1.75 bits per heavy atom. The summed E-state index contributed by atoms with van der Waals surface area (Å²) in [4.78, 5) is 0. The zero-order chi connectivity index (χ0) is 16.6. The van der Waals surface area contributed by atoms with Gasteiger partial charge in [0.15, 0.2) is 28.9 Å². The van der Waals surface area contributed by atoms with Gasteiger partial charge in [-0.2, -0.15) is 0 Å². The lowest BCUT2D eigenvalue weighted by molar-refractivity contribution is 0.358. The van der Waals surface area contributed by atoms with Crippen LogP contribution in [0.25, 0.3) is 0 Å². The fraction of sp³-hybridized carbons (Fsp3) is 0.294. The summed E-state index contributed by atoms with van der Waals surface area (Å²) >= 11 is 0. The molecule has 130 valence electrons. The van der Waals surface area contributed by atoms with Gasteiger partial charge in [-0.25, -0.2) is 8.78 Å². The van der Waals surface area contributed by atoms with E-state index >= 15 is 0 Å². The van der Waals surface area contributed by atoms with Crippen LogP contribution in [0, 0.1) is 11.6 Å². The summed E-state index contributed by atoms with van der Waals surface area (Å²) in [6, 6.07) is 5.33. The Morgan fingerprint density at radius 3 is 2.38 bits per heavy atom. The van der Waals surface area contributed by atoms with Crippen molar-refractivity contribution in [3.8, 4) is 17.2 Å². The predicted molar refractivity (Wildman–Crippen MR) is 88.1 cm³/mol. The number of halogens is 3. The third-order valence-electron chi connectivity index (χ3n) is 4.10. The van der Waals surface area contributed by atoms with E-state index in [-0.39, 0.29) is 29.9 Å². The normalized spacial score (nSPS) is 16.2. The molecule has 0 spiro atoms. The minimum atomic E-state index is -0.743. The first kappa shape index (κ1) is 18.3. The maximum Gasteiger partial charge on any atom is 0.190 e. The van der Waals surface area contributed by atoms with Gasteiger partial charge in [0.1, 0.15) is 0 Å². The van der Waals surface area contributed by atoms with E-state index in [1.54, 1.807) is 0 Å². The van der Waals surface area contributed by atoms with Gasteiger partial charge in [-0.15, -0.1) is 12.4 Å². The van der Waals surface area contributed by atoms with Gasteiger partial charge in [-0.3, -0.25) is 0 Å². The minimum Gasteiger partial charge on any atom is -0.504 e. The van der Waals surface area contributed by atoms with E-state index in [9.17, 15) is 19.0 Å². The summed E-state index contributed by atoms with van der Waals surface area (Å²) in [7, 11) is 1.22. The maximum atomic E-state index is 13.8. The molecule has 3 rings (SSSR count). The molecule has 1 atom stereocenters. The molecule has 3 N–H and O–H groups in total. The van der Waals surface area contributed by atoms with Gasteiger partial charge in [-0.1, -0.05) is 0 Å². The number of fused-ring (bicyclic) bond motifs is 1. The zero-order valence-corrected chi connectivity index (χ0v) is 13.8. The van der Waals surface area contributed by atoms with Crippen molar-refractivity contribution in [2.45, 2.75) is 18.9 Å². The lowest BCUT2D eigenvalue weighted by Crippen LogP contribution is -2.31. The van der Waals surface area contributed by atoms with E-state index in [0.717, 1.165) is 11.1 Å². The number of phenolic OH excluding ortho intramolecular Hbond substituents is 2. The van der Waals surface area contributed by atoms with E-state index in [4.69, 9.17) is 0 Å². The molecule has 0 bridgehead atoms. The summed E-state index contributed by atoms with van der Waals surface area (Å²) < 4.78 is 32.3. The summed E-state index contributed by atoms with van der Waals surface area (Å²) in [5.41, 5.74) is 2.22. The molecule has 1 heterocycles. The molecule has 0 radical (unpaired) electrons. The first-order valence-corrected chi connectivity index (χ1v) is 7.29. The average Bonchev–Trinajstić information content (AvgIpc) is 2.49. The Bertz CT molecular complexity index is 732. The van der Waals surface area contributed by atoms with Crippen LogP contribution < -0.4 is 10.1 Å². The second-order valence-electron chi connectivity index (χ2n) is 5.59. The number of nitrogens with one attached hydrogen (secondary N) is 1. The SMILES string of the molecule is COc1c(F)cc(C[C@H]2NCCc3cc(O)c(O)cc32)cc1F.Cl. The zero-order valence-electron chi connectivity index (χ0n) is 13.0. The third kappa shape index (κ3) is 3.39. The van der Waals surface area contributed by atoms with E-state index in [2.05, 4.69) is 10.1 Å². The molecule has 0 aromatic heterocycles. The van der Waals surface area contributed by atoms with Crippen LogP contribution in [-0.4, -0.2) is 23.9 Å². The number of hydrogen-bond donors (Lipinski definition) is 3. The van der Waals surface area contributed by atoms with Crippen molar-refractivity contribution in [3.63, 3.8) is 0 Å². The molecule has 0 saturated carbocycles. The molecule has 1 aliphatic heterocycles. The van der Waals surface area contributed by atoms with Crippen molar-refractivity contribution in [1.29, 1.82) is 0 Å². The molecule has 0 aliphatic carbocycles. The largest absolute Gasteiger partial charge is 0.504 e. The Hall–Kier alpha value is -2.05. The molecule has 4 nitrogen and oxygen atoms in total. The molecule has 0 amide bonds. The fourth-order valence-electron chi connectivity index (χ4n) is 3.01. The van der Waals surface area contributed by atoms with Gasteiger partial charge in [0, 0.05) is 6.04 Å². The highest BCUT2D eigenvalue weighted by atomic mass is 35.5. The van der Waals surface area contributed by atoms with Crippen LogP contribution in [0.2, 0.25) is 0 Å². The molecule has 24 heavy (non-hydrogen) atoms. The number of methoxy groups -OCH3 is 1. The van der Waals surface area contributed by atoms with E-state index in [0.29, 0.717) is 24.9 Å². The van der Waals surface area contributed by atoms with Gasteiger partial charge in [0.2, 0.25) is 0 Å². The summed E-state index contributed by atoms with van der Waals surface area (Å²) in [5.74, 6) is -2.25. The average molecular weight is 358 g/mol. The van der Waals surface area contributed by atoms with Gasteiger partial charge >= 0.3 is 0 Å². The van der Waals surface area contributed by atoms with E-state index in [1.807, 2.05) is 0 Å². The molecule has 0 saturated heterocycles. The van der Waals surface area contributed by atoms with Gasteiger partial charge in [0.25, 0.3) is 0 Å². The van der Waals surface area contributed by atoms with E-state index in [1.165, 1.54) is 31.4 Å².